The lowest BCUT2D eigenvalue weighted by molar-refractivity contribution is -0.123. The van der Waals surface area contributed by atoms with Crippen LogP contribution in [-0.4, -0.2) is 35.5 Å². The molecule has 4 aromatic rings. The smallest absolute Gasteiger partial charge is 0.222 e. The molecule has 1 amide bonds. The molecule has 1 saturated heterocycles. The molecule has 0 aliphatic carbocycles. The molecule has 0 spiro atoms. The number of hydrogen-bond acceptors (Lipinski definition) is 6. The van der Waals surface area contributed by atoms with E-state index in [1.54, 1.807) is 18.4 Å². The summed E-state index contributed by atoms with van der Waals surface area (Å²) in [5, 5.41) is 12.4. The zero-order chi connectivity index (χ0) is 54.5. The predicted molar refractivity (Wildman–Crippen MR) is 319 cm³/mol. The van der Waals surface area contributed by atoms with Gasteiger partial charge in [0.2, 0.25) is 5.91 Å². The summed E-state index contributed by atoms with van der Waals surface area (Å²) >= 11 is 3.60. The van der Waals surface area contributed by atoms with E-state index in [9.17, 15) is 4.79 Å². The Bertz CT molecular complexity index is 1470. The van der Waals surface area contributed by atoms with Crippen molar-refractivity contribution in [1.82, 2.24) is 20.6 Å². The highest BCUT2D eigenvalue weighted by Crippen LogP contribution is 2.23. The van der Waals surface area contributed by atoms with Crippen LogP contribution in [-0.2, 0) is 4.79 Å². The first-order chi connectivity index (χ1) is 32.0. The van der Waals surface area contributed by atoms with Crippen molar-refractivity contribution in [3.63, 3.8) is 0 Å². The van der Waals surface area contributed by atoms with Crippen LogP contribution in [0.4, 0.5) is 0 Å². The van der Waals surface area contributed by atoms with E-state index in [4.69, 9.17) is 0 Å². The fourth-order valence-electron chi connectivity index (χ4n) is 5.48. The van der Waals surface area contributed by atoms with E-state index in [1.807, 2.05) is 74.1 Å². The van der Waals surface area contributed by atoms with Crippen LogP contribution < -0.4 is 10.6 Å². The van der Waals surface area contributed by atoms with Gasteiger partial charge in [-0.2, -0.15) is 11.3 Å². The summed E-state index contributed by atoms with van der Waals surface area (Å²) in [7, 11) is 1.64. The van der Waals surface area contributed by atoms with Crippen molar-refractivity contribution in [2.24, 2.45) is 35.0 Å². The Morgan fingerprint density at radius 3 is 1.38 bits per heavy atom. The Morgan fingerprint density at radius 2 is 1.20 bits per heavy atom. The van der Waals surface area contributed by atoms with Gasteiger partial charge >= 0.3 is 0 Å². The lowest BCUT2D eigenvalue weighted by Gasteiger charge is -2.19. The summed E-state index contributed by atoms with van der Waals surface area (Å²) in [5.41, 5.74) is 4.49. The fraction of sp³-hybridized carbons (Fsp3) is 0.694. The maximum absolute atomic E-state index is 10.4. The van der Waals surface area contributed by atoms with Crippen molar-refractivity contribution in [3.05, 3.63) is 105 Å². The highest BCUT2D eigenvalue weighted by molar-refractivity contribution is 7.10. The molecule has 1 aliphatic heterocycles. The number of aromatic nitrogens is 2. The number of nitrogens with one attached hydrogen (secondary N) is 2. The van der Waals surface area contributed by atoms with Gasteiger partial charge in [0.1, 0.15) is 0 Å². The maximum Gasteiger partial charge on any atom is 0.222 e. The number of thiophene rings is 2. The van der Waals surface area contributed by atoms with E-state index in [1.165, 1.54) is 54.7 Å². The number of carbonyl (C=O) groups is 1. The normalized spacial score (nSPS) is 12.4. The minimum Gasteiger partial charge on any atom is -0.359 e. The van der Waals surface area contributed by atoms with E-state index >= 15 is 0 Å². The molecule has 1 fully saturated rings. The van der Waals surface area contributed by atoms with Gasteiger partial charge in [0.05, 0.1) is 0 Å². The average Bonchev–Trinajstić information content (AvgIpc) is 4.11. The molecule has 2 N–H and O–H groups in total. The SMILES string of the molecule is CC(C)C.CC(C)C1CCCN1.CC(C)CC(C)(C)C.CC(C)c1ccccn1.CC(C)c1cccs1.CC(C)c1ccncc1.CC(C)c1ccsc1.CCC.CCC(C)C.CNC(=O)C(C)C. The molecule has 1 aliphatic rings. The summed E-state index contributed by atoms with van der Waals surface area (Å²) in [5.74, 6) is 6.17. The molecular weight excluding hydrogens is 881 g/mol. The predicted octanol–water partition coefficient (Wildman–Crippen LogP) is 20.1. The van der Waals surface area contributed by atoms with E-state index < -0.39 is 0 Å². The molecule has 69 heavy (non-hydrogen) atoms. The van der Waals surface area contributed by atoms with Crippen LogP contribution in [0.1, 0.15) is 251 Å². The minimum absolute atomic E-state index is 0.0972. The molecule has 4 aromatic heterocycles. The van der Waals surface area contributed by atoms with Crippen LogP contribution in [0.15, 0.2) is 83.3 Å². The number of pyridine rings is 2. The zero-order valence-corrected chi connectivity index (χ0v) is 51.9. The average molecular weight is 998 g/mol. The highest BCUT2D eigenvalue weighted by Gasteiger charge is 2.16. The number of hydrogen-bond donors (Lipinski definition) is 2. The van der Waals surface area contributed by atoms with E-state index in [0.717, 1.165) is 35.4 Å². The third-order valence-corrected chi connectivity index (χ3v) is 11.4. The van der Waals surface area contributed by atoms with Crippen LogP contribution in [0.2, 0.25) is 0 Å². The van der Waals surface area contributed by atoms with Crippen molar-refractivity contribution in [3.8, 4) is 0 Å². The minimum atomic E-state index is 0.0972. The summed E-state index contributed by atoms with van der Waals surface area (Å²) in [4.78, 5) is 20.0. The molecule has 5 rings (SSSR count). The molecule has 7 heteroatoms. The maximum atomic E-state index is 10.4. The van der Waals surface area contributed by atoms with Gasteiger partial charge in [0, 0.05) is 48.2 Å². The van der Waals surface area contributed by atoms with Gasteiger partial charge in [-0.05, 0) is 142 Å². The standard InChI is InChI=1S/2C8H11N.C8H18.C7H15N.2C7H10S.C5H11NO.C5H12.C4H10.C3H8/c1-7(2)8-3-5-9-6-4-8;1-7(2)8-5-3-4-6-9-8;1-7(2)6-8(3,4)5;1-6(2)7-4-3-5-8-7;1-6(2)7-3-4-8-5-7;1-6(2)7-4-3-5-8-7;1-4(2)5(7)6-3;1-4-5(2)3;1-4(2)3;1-3-2/h2*3-7H,1-2H3;7H,6H2,1-5H3;6-8H,3-5H2,1-2H3;2*3-6H,1-2H3;4H,1-3H3,(H,6,7);5H,4H2,1-3H3;4H,1-3H3;3H2,1-2H3. The monoisotopic (exact) mass is 997 g/mol. The molecule has 0 saturated carbocycles. The largest absolute Gasteiger partial charge is 0.359 e. The fourth-order valence-corrected chi connectivity index (χ4v) is 7.05. The van der Waals surface area contributed by atoms with Crippen molar-refractivity contribution in [1.29, 1.82) is 0 Å². The number of carbonyl (C=O) groups excluding carboxylic acids is 1. The van der Waals surface area contributed by atoms with Crippen molar-refractivity contribution in [2.45, 2.75) is 235 Å². The summed E-state index contributed by atoms with van der Waals surface area (Å²) in [6, 6.07) is 17.4. The topological polar surface area (TPSA) is 66.9 Å². The van der Waals surface area contributed by atoms with E-state index in [2.05, 4.69) is 214 Å². The Hall–Kier alpha value is -2.87. The second kappa shape index (κ2) is 48.7. The van der Waals surface area contributed by atoms with Crippen LogP contribution >= 0.6 is 22.7 Å². The summed E-state index contributed by atoms with van der Waals surface area (Å²) < 4.78 is 0. The van der Waals surface area contributed by atoms with Crippen molar-refractivity contribution < 1.29 is 4.79 Å². The molecule has 0 aromatic carbocycles. The molecule has 1 unspecified atom stereocenters. The zero-order valence-electron chi connectivity index (χ0n) is 50.2. The van der Waals surface area contributed by atoms with E-state index in [-0.39, 0.29) is 11.8 Å². The number of rotatable bonds is 8. The summed E-state index contributed by atoms with van der Waals surface area (Å²) in [6.07, 6.45) is 12.1. The first-order valence-electron chi connectivity index (χ1n) is 26.9. The third-order valence-electron chi connectivity index (χ3n) is 9.49. The Labute approximate surface area is 440 Å². The third kappa shape index (κ3) is 57.6. The molecule has 5 heterocycles. The van der Waals surface area contributed by atoms with Gasteiger partial charge in [-0.25, -0.2) is 0 Å². The molecular formula is C62H116N4OS2. The lowest BCUT2D eigenvalue weighted by atomic mass is 9.86. The first-order valence-corrected chi connectivity index (χ1v) is 28.7. The van der Waals surface area contributed by atoms with Crippen LogP contribution in [0, 0.1) is 35.0 Å². The second-order valence-corrected chi connectivity index (χ2v) is 24.1. The van der Waals surface area contributed by atoms with Gasteiger partial charge in [0.25, 0.3) is 0 Å². The molecule has 0 bridgehead atoms. The van der Waals surface area contributed by atoms with Gasteiger partial charge in [-0.3, -0.25) is 14.8 Å². The van der Waals surface area contributed by atoms with Crippen LogP contribution in [0.3, 0.4) is 0 Å². The van der Waals surface area contributed by atoms with Gasteiger partial charge in [0.15, 0.2) is 0 Å². The highest BCUT2D eigenvalue weighted by atomic mass is 32.1. The van der Waals surface area contributed by atoms with Gasteiger partial charge in [-0.15, -0.1) is 11.3 Å². The summed E-state index contributed by atoms with van der Waals surface area (Å²) in [6.45, 7) is 55.8. The van der Waals surface area contributed by atoms with Crippen molar-refractivity contribution >= 4 is 28.6 Å². The molecule has 1 atom stereocenters. The van der Waals surface area contributed by atoms with E-state index in [0.29, 0.717) is 29.1 Å². The quantitative estimate of drug-likeness (QED) is 0.185. The van der Waals surface area contributed by atoms with Crippen LogP contribution in [0.5, 0.6) is 0 Å². The van der Waals surface area contributed by atoms with Crippen LogP contribution in [0.25, 0.3) is 0 Å². The Balaban J connectivity index is -0.000000223. The first kappa shape index (κ1) is 75.1. The van der Waals surface area contributed by atoms with Gasteiger partial charge < -0.3 is 10.6 Å². The molecule has 402 valence electrons. The number of nitrogens with zero attached hydrogens (tertiary/aromatic N) is 2. The second-order valence-electron chi connectivity index (χ2n) is 22.3. The molecule has 0 radical (unpaired) electrons. The lowest BCUT2D eigenvalue weighted by Crippen LogP contribution is -2.26. The Kier molecular flexibility index (Phi) is 53.0. The molecule has 5 nitrogen and oxygen atoms in total. The Morgan fingerprint density at radius 1 is 0.681 bits per heavy atom. The van der Waals surface area contributed by atoms with Gasteiger partial charge in [-0.1, -0.05) is 198 Å². The van der Waals surface area contributed by atoms with Crippen molar-refractivity contribution in [2.75, 3.05) is 13.6 Å². The number of amides is 1.